The second kappa shape index (κ2) is 9.64. The smallest absolute Gasteiger partial charge is 0.329 e. The Morgan fingerprint density at radius 1 is 1.00 bits per heavy atom. The van der Waals surface area contributed by atoms with Crippen molar-refractivity contribution in [3.63, 3.8) is 0 Å². The number of nitrogens with zero attached hydrogens (tertiary/aromatic N) is 2. The van der Waals surface area contributed by atoms with E-state index in [1.54, 1.807) is 0 Å². The maximum Gasteiger partial charge on any atom is 0.329 e. The van der Waals surface area contributed by atoms with Crippen molar-refractivity contribution in [2.24, 2.45) is 5.92 Å². The number of carbonyl (C=O) groups is 2. The summed E-state index contributed by atoms with van der Waals surface area (Å²) in [5.41, 5.74) is 1.66. The van der Waals surface area contributed by atoms with Gasteiger partial charge in [0.1, 0.15) is 6.04 Å². The van der Waals surface area contributed by atoms with Crippen LogP contribution in [0.2, 0.25) is 0 Å². The van der Waals surface area contributed by atoms with Crippen LogP contribution in [0.4, 0.5) is 0 Å². The SMILES string of the molecule is CC(C)[C@H](NC(=O)Cc1ccccc1)C(=O)OCc1nnc(-c2ccccc2)o1. The van der Waals surface area contributed by atoms with Crippen LogP contribution in [-0.4, -0.2) is 28.1 Å². The van der Waals surface area contributed by atoms with Gasteiger partial charge in [-0.25, -0.2) is 4.79 Å². The van der Waals surface area contributed by atoms with E-state index >= 15 is 0 Å². The second-order valence-corrected chi connectivity index (χ2v) is 6.93. The number of aromatic nitrogens is 2. The predicted molar refractivity (Wildman–Crippen MR) is 106 cm³/mol. The molecule has 0 fully saturated rings. The maximum atomic E-state index is 12.5. The first kappa shape index (κ1) is 20.3. The third kappa shape index (κ3) is 5.75. The molecule has 0 bridgehead atoms. The highest BCUT2D eigenvalue weighted by Crippen LogP contribution is 2.17. The van der Waals surface area contributed by atoms with E-state index in [1.807, 2.05) is 74.5 Å². The Kier molecular flexibility index (Phi) is 6.73. The molecule has 7 heteroatoms. The lowest BCUT2D eigenvalue weighted by atomic mass is 10.0. The lowest BCUT2D eigenvalue weighted by molar-refractivity contribution is -0.151. The minimum Gasteiger partial charge on any atom is -0.454 e. The first-order valence-electron chi connectivity index (χ1n) is 9.40. The molecule has 0 aliphatic rings. The van der Waals surface area contributed by atoms with Gasteiger partial charge in [0.05, 0.1) is 6.42 Å². The number of rotatable bonds is 8. The molecule has 1 N–H and O–H groups in total. The van der Waals surface area contributed by atoms with Crippen LogP contribution in [0.15, 0.2) is 65.1 Å². The van der Waals surface area contributed by atoms with E-state index < -0.39 is 12.0 Å². The lowest BCUT2D eigenvalue weighted by Crippen LogP contribution is -2.45. The largest absolute Gasteiger partial charge is 0.454 e. The molecule has 150 valence electrons. The minimum atomic E-state index is -0.761. The molecule has 0 aliphatic heterocycles. The third-order valence-electron chi connectivity index (χ3n) is 4.27. The zero-order chi connectivity index (χ0) is 20.6. The van der Waals surface area contributed by atoms with Crippen LogP contribution >= 0.6 is 0 Å². The highest BCUT2D eigenvalue weighted by atomic mass is 16.5. The summed E-state index contributed by atoms with van der Waals surface area (Å²) in [5, 5.41) is 10.6. The minimum absolute atomic E-state index is 0.134. The van der Waals surface area contributed by atoms with Crippen LogP contribution in [0.5, 0.6) is 0 Å². The number of benzene rings is 2. The van der Waals surface area contributed by atoms with Gasteiger partial charge in [-0.1, -0.05) is 62.4 Å². The van der Waals surface area contributed by atoms with Crippen LogP contribution in [0.25, 0.3) is 11.5 Å². The van der Waals surface area contributed by atoms with Gasteiger partial charge in [0.2, 0.25) is 11.8 Å². The van der Waals surface area contributed by atoms with Gasteiger partial charge in [-0.05, 0) is 23.6 Å². The summed E-state index contributed by atoms with van der Waals surface area (Å²) in [6.07, 6.45) is 0.196. The van der Waals surface area contributed by atoms with Gasteiger partial charge in [-0.15, -0.1) is 10.2 Å². The van der Waals surface area contributed by atoms with E-state index in [9.17, 15) is 9.59 Å². The van der Waals surface area contributed by atoms with E-state index in [4.69, 9.17) is 9.15 Å². The van der Waals surface area contributed by atoms with Crippen molar-refractivity contribution in [3.05, 3.63) is 72.1 Å². The van der Waals surface area contributed by atoms with Crippen LogP contribution in [0.3, 0.4) is 0 Å². The first-order chi connectivity index (χ1) is 14.0. The molecule has 0 spiro atoms. The van der Waals surface area contributed by atoms with E-state index in [-0.39, 0.29) is 30.7 Å². The van der Waals surface area contributed by atoms with Gasteiger partial charge in [0.25, 0.3) is 5.89 Å². The predicted octanol–water partition coefficient (Wildman–Crippen LogP) is 3.16. The van der Waals surface area contributed by atoms with Gasteiger partial charge in [0, 0.05) is 5.56 Å². The molecule has 0 aliphatic carbocycles. The maximum absolute atomic E-state index is 12.5. The number of hydrogen-bond donors (Lipinski definition) is 1. The van der Waals surface area contributed by atoms with Gasteiger partial charge in [-0.2, -0.15) is 0 Å². The highest BCUT2D eigenvalue weighted by molar-refractivity contribution is 5.85. The standard InChI is InChI=1S/C22H23N3O4/c1-15(2)20(23-18(26)13-16-9-5-3-6-10-16)22(27)28-14-19-24-25-21(29-19)17-11-7-4-8-12-17/h3-12,15,20H,13-14H2,1-2H3,(H,23,26)/t20-/m0/s1. The molecular formula is C22H23N3O4. The molecular weight excluding hydrogens is 370 g/mol. The molecule has 0 saturated heterocycles. The Bertz CT molecular complexity index is 939. The summed E-state index contributed by atoms with van der Waals surface area (Å²) in [6.45, 7) is 3.53. The Labute approximate surface area is 169 Å². The third-order valence-corrected chi connectivity index (χ3v) is 4.27. The van der Waals surface area contributed by atoms with Crippen molar-refractivity contribution in [2.75, 3.05) is 0 Å². The van der Waals surface area contributed by atoms with Gasteiger partial charge in [-0.3, -0.25) is 4.79 Å². The fourth-order valence-corrected chi connectivity index (χ4v) is 2.74. The fraction of sp³-hybridized carbons (Fsp3) is 0.273. The Morgan fingerprint density at radius 3 is 2.31 bits per heavy atom. The summed E-state index contributed by atoms with van der Waals surface area (Å²) in [5.74, 6) is -0.370. The van der Waals surface area contributed by atoms with E-state index in [0.29, 0.717) is 5.89 Å². The summed E-state index contributed by atoms with van der Waals surface area (Å²) >= 11 is 0. The van der Waals surface area contributed by atoms with E-state index in [1.165, 1.54) is 0 Å². The van der Waals surface area contributed by atoms with Gasteiger partial charge in [0.15, 0.2) is 6.61 Å². The van der Waals surface area contributed by atoms with Crippen molar-refractivity contribution < 1.29 is 18.7 Å². The number of amides is 1. The van der Waals surface area contributed by atoms with Crippen LogP contribution in [-0.2, 0) is 27.4 Å². The first-order valence-corrected chi connectivity index (χ1v) is 9.40. The molecule has 1 heterocycles. The second-order valence-electron chi connectivity index (χ2n) is 6.93. The molecule has 2 aromatic carbocycles. The summed E-state index contributed by atoms with van der Waals surface area (Å²) in [7, 11) is 0. The summed E-state index contributed by atoms with van der Waals surface area (Å²) in [6, 6.07) is 17.9. The molecule has 0 saturated carbocycles. The normalized spacial score (nSPS) is 11.8. The zero-order valence-corrected chi connectivity index (χ0v) is 16.4. The fourth-order valence-electron chi connectivity index (χ4n) is 2.74. The number of esters is 1. The monoisotopic (exact) mass is 393 g/mol. The Hall–Kier alpha value is -3.48. The number of carbonyl (C=O) groups excluding carboxylic acids is 2. The van der Waals surface area contributed by atoms with Crippen molar-refractivity contribution in [1.29, 1.82) is 0 Å². The van der Waals surface area contributed by atoms with Crippen molar-refractivity contribution in [2.45, 2.75) is 32.9 Å². The van der Waals surface area contributed by atoms with Crippen LogP contribution < -0.4 is 5.32 Å². The van der Waals surface area contributed by atoms with Gasteiger partial charge < -0.3 is 14.5 Å². The molecule has 1 aromatic heterocycles. The summed E-state index contributed by atoms with van der Waals surface area (Å²) < 4.78 is 10.8. The Balaban J connectivity index is 1.56. The van der Waals surface area contributed by atoms with Crippen LogP contribution in [0.1, 0.15) is 25.3 Å². The molecule has 1 atom stereocenters. The molecule has 7 nitrogen and oxygen atoms in total. The quantitative estimate of drug-likeness (QED) is 0.591. The van der Waals surface area contributed by atoms with Crippen molar-refractivity contribution >= 4 is 11.9 Å². The Morgan fingerprint density at radius 2 is 1.66 bits per heavy atom. The molecule has 1 amide bonds. The molecule has 0 radical (unpaired) electrons. The lowest BCUT2D eigenvalue weighted by Gasteiger charge is -2.20. The number of nitrogens with one attached hydrogen (secondary N) is 1. The average molecular weight is 393 g/mol. The molecule has 0 unspecified atom stereocenters. The van der Waals surface area contributed by atoms with Crippen molar-refractivity contribution in [1.82, 2.24) is 15.5 Å². The molecule has 29 heavy (non-hydrogen) atoms. The summed E-state index contributed by atoms with van der Waals surface area (Å²) in [4.78, 5) is 24.8. The molecule has 3 rings (SSSR count). The van der Waals surface area contributed by atoms with E-state index in [0.717, 1.165) is 11.1 Å². The number of ether oxygens (including phenoxy) is 1. The topological polar surface area (TPSA) is 94.3 Å². The van der Waals surface area contributed by atoms with Crippen LogP contribution in [0, 0.1) is 5.92 Å². The molecule has 3 aromatic rings. The van der Waals surface area contributed by atoms with Gasteiger partial charge >= 0.3 is 5.97 Å². The van der Waals surface area contributed by atoms with Crippen molar-refractivity contribution in [3.8, 4) is 11.5 Å². The van der Waals surface area contributed by atoms with E-state index in [2.05, 4.69) is 15.5 Å². The average Bonchev–Trinajstić information content (AvgIpc) is 3.20. The zero-order valence-electron chi connectivity index (χ0n) is 16.4. The number of hydrogen-bond acceptors (Lipinski definition) is 6. The highest BCUT2D eigenvalue weighted by Gasteiger charge is 2.26.